The first-order valence-corrected chi connectivity index (χ1v) is 32.7. The molecule has 546 valence electrons. The van der Waals surface area contributed by atoms with Crippen LogP contribution in [-0.4, -0.2) is 202 Å². The Kier molecular flexibility index (Phi) is 22.9. The molecule has 5 aromatic carbocycles. The molecule has 0 spiro atoms. The molecule has 12 rings (SSSR count). The summed E-state index contributed by atoms with van der Waals surface area (Å²) in [6.45, 7) is 5.70. The minimum atomic E-state index is -2.32. The molecule has 5 amide bonds. The number of aliphatic hydroxyl groups excluding tert-OH is 8. The summed E-state index contributed by atoms with van der Waals surface area (Å²) in [7, 11) is 1.48. The van der Waals surface area contributed by atoms with Crippen LogP contribution in [0.2, 0.25) is 10.0 Å². The Balaban J connectivity index is 1.24. The predicted octanol–water partition coefficient (Wildman–Crippen LogP) is -0.310. The number of halogens is 2. The van der Waals surface area contributed by atoms with Crippen molar-refractivity contribution in [2.75, 3.05) is 13.7 Å². The number of aromatic hydroxyl groups is 3. The third kappa shape index (κ3) is 16.2. The van der Waals surface area contributed by atoms with Gasteiger partial charge in [-0.25, -0.2) is 0 Å². The Morgan fingerprint density at radius 3 is 1.96 bits per heavy atom. The molecule has 35 heteroatoms. The second-order valence-electron chi connectivity index (χ2n) is 26.0. The zero-order valence-corrected chi connectivity index (χ0v) is 56.1. The van der Waals surface area contributed by atoms with Gasteiger partial charge in [-0.15, -0.1) is 0 Å². The number of primary amides is 1. The van der Waals surface area contributed by atoms with Crippen molar-refractivity contribution in [1.29, 1.82) is 0 Å². The fraction of sp³-hybridized carbons (Fsp3) is 0.455. The first-order chi connectivity index (χ1) is 47.7. The first-order valence-electron chi connectivity index (χ1n) is 31.9. The number of phenols is 3. The van der Waals surface area contributed by atoms with Crippen LogP contribution in [0.5, 0.6) is 46.0 Å². The summed E-state index contributed by atoms with van der Waals surface area (Å²) >= 11 is 14.2. The maximum Gasteiger partial charge on any atom is 0.325 e. The van der Waals surface area contributed by atoms with E-state index in [1.807, 2.05) is 13.8 Å². The van der Waals surface area contributed by atoms with Crippen molar-refractivity contribution < 1.29 is 118 Å². The van der Waals surface area contributed by atoms with Gasteiger partial charge in [0.05, 0.1) is 59.5 Å². The number of carboxylic acid groups (broad SMARTS) is 1. The van der Waals surface area contributed by atoms with E-state index in [0.29, 0.717) is 0 Å². The summed E-state index contributed by atoms with van der Waals surface area (Å²) in [4.78, 5) is 86.8. The maximum absolute atomic E-state index is 16.1. The molecule has 0 aromatic heterocycles. The lowest BCUT2D eigenvalue weighted by Crippen LogP contribution is -2.64. The number of nitrogens with two attached hydrogens (primary N) is 2. The quantitative estimate of drug-likeness (QED) is 0.0719. The Morgan fingerprint density at radius 2 is 1.38 bits per heavy atom. The number of amides is 5. The monoisotopic (exact) mass is 1450 g/mol. The van der Waals surface area contributed by atoms with Gasteiger partial charge in [-0.3, -0.25) is 39.4 Å². The largest absolute Gasteiger partial charge is 0.508 e. The summed E-state index contributed by atoms with van der Waals surface area (Å²) in [5, 5.41) is 157. The maximum atomic E-state index is 16.1. The molecular formula is C66H79Cl2N9O24. The summed E-state index contributed by atoms with van der Waals surface area (Å²) in [6, 6.07) is 0.721. The van der Waals surface area contributed by atoms with Crippen LogP contribution in [0.1, 0.15) is 105 Å². The summed E-state index contributed by atoms with van der Waals surface area (Å²) in [5.41, 5.74) is 8.55. The number of rotatable bonds is 13. The molecule has 7 aliphatic heterocycles. The van der Waals surface area contributed by atoms with Crippen LogP contribution in [0.3, 0.4) is 0 Å². The first kappa shape index (κ1) is 75.4. The summed E-state index contributed by atoms with van der Waals surface area (Å²) in [6.07, 6.45) is -22.8. The van der Waals surface area contributed by atoms with E-state index in [4.69, 9.17) is 63.1 Å². The van der Waals surface area contributed by atoms with Crippen LogP contribution in [0.4, 0.5) is 0 Å². The SMILES string of the molecule is CN[C@H](CC(C)C)C(=O)N[C@H]1C(=O)N[C@@H](CC(N)=O)C(=O)N[C@H]2C(=O)N[C@@H]3c4ccc(O)c(c4)-c4c(O)cc(O)cc4[C@@H](C(=O)O)N[C@H](O)[C@@H](NC3O)[C@H](O)c3ccc(c(Cl)c3)Oc3cc2cc(c3OC2O[C@H](CO)[C@@H](O)[C@H](O)[C@H]2O[C@H]2C[C@](C)(N)[C@H](O)[C@H](C)O2)Oc2ccc(cc2Cl)[C@H]1O. The van der Waals surface area contributed by atoms with Crippen molar-refractivity contribution >= 4 is 58.7 Å². The van der Waals surface area contributed by atoms with Crippen LogP contribution in [0.15, 0.2) is 78.9 Å². The van der Waals surface area contributed by atoms with Gasteiger partial charge in [0.15, 0.2) is 23.9 Å². The highest BCUT2D eigenvalue weighted by Gasteiger charge is 2.51. The highest BCUT2D eigenvalue weighted by atomic mass is 35.5. The number of aliphatic carboxylic acids is 1. The Morgan fingerprint density at radius 1 is 0.743 bits per heavy atom. The van der Waals surface area contributed by atoms with E-state index in [9.17, 15) is 80.5 Å². The van der Waals surface area contributed by atoms with E-state index in [-0.39, 0.29) is 57.0 Å². The molecule has 0 saturated carbocycles. The van der Waals surface area contributed by atoms with Crippen molar-refractivity contribution in [1.82, 2.24) is 37.2 Å². The number of ether oxygens (including phenoxy) is 6. The van der Waals surface area contributed by atoms with Gasteiger partial charge in [0, 0.05) is 29.2 Å². The van der Waals surface area contributed by atoms with Gasteiger partial charge in [-0.1, -0.05) is 55.2 Å². The normalized spacial score (nSPS) is 31.0. The zero-order valence-electron chi connectivity index (χ0n) is 54.6. The number of likely N-dealkylation sites (N-methyl/N-ethyl adjacent to an activating group) is 1. The molecule has 7 aliphatic rings. The third-order valence-corrected chi connectivity index (χ3v) is 18.7. The molecule has 2 saturated heterocycles. The van der Waals surface area contributed by atoms with E-state index in [2.05, 4.69) is 37.2 Å². The molecule has 20 atom stereocenters. The average Bonchev–Trinajstić information content (AvgIpc) is 0.772. The molecule has 101 heavy (non-hydrogen) atoms. The van der Waals surface area contributed by atoms with E-state index >= 15 is 9.59 Å². The number of fused-ring (bicyclic) bond motifs is 15. The highest BCUT2D eigenvalue weighted by molar-refractivity contribution is 6.32. The lowest BCUT2D eigenvalue weighted by molar-refractivity contribution is -0.333. The van der Waals surface area contributed by atoms with Crippen LogP contribution < -0.4 is 62.9 Å². The van der Waals surface area contributed by atoms with Gasteiger partial charge in [-0.2, -0.15) is 0 Å². The minimum Gasteiger partial charge on any atom is -0.508 e. The fourth-order valence-electron chi connectivity index (χ4n) is 12.8. The number of carbonyl (C=O) groups excluding carboxylic acids is 5. The van der Waals surface area contributed by atoms with Crippen molar-refractivity contribution in [3.8, 4) is 57.1 Å². The molecule has 2 fully saturated rings. The zero-order chi connectivity index (χ0) is 73.5. The standard InChI is InChI=1S/C66H79Cl2N9O24/c1-23(2)12-34(71-5)58(88)76-49-51(83)26-7-10-38(32(67)14-26)97-40-16-28-17-41(55(40)101-65-56(54(86)53(85)42(22-78)99-65)100-44-21-66(4,70)57(87)24(3)96-44)98-39-11-8-27(15-33(39)68)52(84)50-63(93)75-48(64(94)95)31-18-29(79)19-37(81)45(31)30-13-25(6-9-36(30)80)46(60(90)77-50)74-61(91)47(28)73-59(89)35(20-43(69)82)72-62(49)92/h6-11,13-19,23-24,34-35,42,44,46-54,56-57,60,63,65,71,75,77-81,83-87,90,93H,12,20-22,70H2,1-5H3,(H2,69,82)(H,72,92)(H,73,89)(H,74,91)(H,76,88)(H,94,95)/t24-,34+,35-,42+,44-,46+,47+,48-,49+,50-,51+,52+,53+,54-,56+,57+,60?,63+,65?,66-/m0/s1. The smallest absolute Gasteiger partial charge is 0.325 e. The number of phenolic OH excluding ortho intramolecular Hbond substituents is 3. The van der Waals surface area contributed by atoms with Gasteiger partial charge in [-0.05, 0) is 116 Å². The second kappa shape index (κ2) is 30.7. The van der Waals surface area contributed by atoms with E-state index in [0.717, 1.165) is 54.6 Å². The summed E-state index contributed by atoms with van der Waals surface area (Å²) in [5.74, 6) is -12.6. The lowest BCUT2D eigenvalue weighted by atomic mass is 9.86. The van der Waals surface area contributed by atoms with Gasteiger partial charge in [0.2, 0.25) is 41.6 Å². The number of carboxylic acids is 1. The number of aliphatic hydroxyl groups is 8. The van der Waals surface area contributed by atoms with E-state index < -0.39 is 227 Å². The van der Waals surface area contributed by atoms with Crippen molar-refractivity contribution in [2.45, 2.75) is 169 Å². The van der Waals surface area contributed by atoms with Gasteiger partial charge >= 0.3 is 5.97 Å². The van der Waals surface area contributed by atoms with Gasteiger partial charge in [0.25, 0.3) is 0 Å². The van der Waals surface area contributed by atoms with E-state index in [1.165, 1.54) is 45.2 Å². The van der Waals surface area contributed by atoms with Gasteiger partial charge < -0.3 is 128 Å². The van der Waals surface area contributed by atoms with Crippen LogP contribution in [0.25, 0.3) is 11.1 Å². The second-order valence-corrected chi connectivity index (χ2v) is 26.8. The molecule has 11 bridgehead atoms. The Labute approximate surface area is 585 Å². The van der Waals surface area contributed by atoms with Crippen molar-refractivity contribution in [3.05, 3.63) is 117 Å². The van der Waals surface area contributed by atoms with Crippen molar-refractivity contribution in [2.24, 2.45) is 17.4 Å². The van der Waals surface area contributed by atoms with Crippen LogP contribution in [0, 0.1) is 5.92 Å². The number of hydrogen-bond acceptors (Lipinski definition) is 27. The average molecular weight is 1450 g/mol. The number of benzene rings is 5. The van der Waals surface area contributed by atoms with Crippen LogP contribution in [-0.2, 0) is 43.0 Å². The van der Waals surface area contributed by atoms with Crippen LogP contribution >= 0.6 is 23.2 Å². The molecule has 2 unspecified atom stereocenters. The topological polar surface area (TPSA) is 537 Å². The summed E-state index contributed by atoms with van der Waals surface area (Å²) < 4.78 is 38.4. The molecule has 0 aliphatic carbocycles. The fourth-order valence-corrected chi connectivity index (χ4v) is 13.2. The minimum absolute atomic E-state index is 0.0893. The Hall–Kier alpha value is -8.30. The third-order valence-electron chi connectivity index (χ3n) is 18.1. The highest BCUT2D eigenvalue weighted by Crippen LogP contribution is 2.50. The molecule has 0 radical (unpaired) electrons. The molecule has 5 aromatic rings. The number of carbonyl (C=O) groups is 6. The van der Waals surface area contributed by atoms with Gasteiger partial charge in [0.1, 0.15) is 89.8 Å². The molecule has 33 nitrogen and oxygen atoms in total. The number of hydrogen-bond donors (Lipinski definition) is 21. The molecular weight excluding hydrogens is 1370 g/mol. The van der Waals surface area contributed by atoms with E-state index in [1.54, 1.807) is 0 Å². The van der Waals surface area contributed by atoms with Crippen molar-refractivity contribution in [3.63, 3.8) is 0 Å². The Bertz CT molecular complexity index is 3970. The predicted molar refractivity (Wildman–Crippen MR) is 351 cm³/mol. The molecule has 23 N–H and O–H groups in total. The number of nitrogens with one attached hydrogen (secondary N) is 7. The lowest BCUT2D eigenvalue weighted by Gasteiger charge is -2.47. The molecule has 7 heterocycles.